The molecule has 28 heavy (non-hydrogen) atoms. The van der Waals surface area contributed by atoms with E-state index in [0.717, 1.165) is 22.4 Å². The largest absolute Gasteiger partial charge is 0.494 e. The van der Waals surface area contributed by atoms with Crippen LogP contribution in [0.5, 0.6) is 5.75 Å². The van der Waals surface area contributed by atoms with Crippen LogP contribution in [0.3, 0.4) is 0 Å². The van der Waals surface area contributed by atoms with Crippen LogP contribution in [0.15, 0.2) is 42.5 Å². The number of carbonyl (C=O) groups excluding carboxylic acids is 1. The first-order valence-electron chi connectivity index (χ1n) is 9.39. The lowest BCUT2D eigenvalue weighted by Crippen LogP contribution is -2.45. The van der Waals surface area contributed by atoms with E-state index in [-0.39, 0.29) is 25.2 Å². The lowest BCUT2D eigenvalue weighted by atomic mass is 9.92. The van der Waals surface area contributed by atoms with Crippen molar-refractivity contribution >= 4 is 17.4 Å². The van der Waals surface area contributed by atoms with Crippen LogP contribution in [0.25, 0.3) is 0 Å². The Morgan fingerprint density at radius 2 is 1.93 bits per heavy atom. The fourth-order valence-electron chi connectivity index (χ4n) is 3.84. The fourth-order valence-corrected chi connectivity index (χ4v) is 4.02. The zero-order chi connectivity index (χ0) is 19.8. The Hall–Kier alpha value is -1.92. The summed E-state index contributed by atoms with van der Waals surface area (Å²) in [5.74, 6) is -1.20. The van der Waals surface area contributed by atoms with Crippen molar-refractivity contribution in [1.29, 1.82) is 0 Å². The van der Waals surface area contributed by atoms with Crippen LogP contribution in [0.4, 0.5) is 0 Å². The number of ether oxygens (including phenoxy) is 4. The van der Waals surface area contributed by atoms with Crippen molar-refractivity contribution < 1.29 is 23.7 Å². The molecule has 2 aromatic rings. The monoisotopic (exact) mass is 402 g/mol. The maximum Gasteiger partial charge on any atom is 0.205 e. The van der Waals surface area contributed by atoms with Crippen molar-refractivity contribution in [3.63, 3.8) is 0 Å². The highest BCUT2D eigenvalue weighted by molar-refractivity contribution is 6.31. The van der Waals surface area contributed by atoms with Gasteiger partial charge in [0, 0.05) is 17.7 Å². The van der Waals surface area contributed by atoms with E-state index >= 15 is 0 Å². The molecule has 5 nitrogen and oxygen atoms in total. The van der Waals surface area contributed by atoms with E-state index in [9.17, 15) is 4.79 Å². The van der Waals surface area contributed by atoms with Gasteiger partial charge in [-0.2, -0.15) is 0 Å². The summed E-state index contributed by atoms with van der Waals surface area (Å²) in [5.41, 5.74) is 2.84. The molecule has 0 radical (unpaired) electrons. The molecule has 0 N–H and O–H groups in total. The van der Waals surface area contributed by atoms with Crippen molar-refractivity contribution in [2.45, 2.75) is 37.8 Å². The zero-order valence-corrected chi connectivity index (χ0v) is 16.8. The summed E-state index contributed by atoms with van der Waals surface area (Å²) in [4.78, 5) is 12.3. The molecule has 0 spiro atoms. The normalized spacial score (nSPS) is 26.5. The fraction of sp³-hybridized carbons (Fsp3) is 0.409. The van der Waals surface area contributed by atoms with E-state index < -0.39 is 11.6 Å². The van der Waals surface area contributed by atoms with E-state index in [1.54, 1.807) is 0 Å². The van der Waals surface area contributed by atoms with Gasteiger partial charge in [-0.1, -0.05) is 29.8 Å². The SMILES string of the molecule is CCOc1ccc(Cc2cc([C@]34CC(=O)C[C@](OC)(CO3)O4)ccc2Cl)cc1. The van der Waals surface area contributed by atoms with Crippen LogP contribution in [-0.4, -0.2) is 31.9 Å². The van der Waals surface area contributed by atoms with E-state index in [0.29, 0.717) is 18.1 Å². The standard InChI is InChI=1S/C22H23ClO5/c1-3-26-19-7-4-15(5-8-19)10-16-11-17(6-9-20(16)23)22-13-18(24)12-21(25-2,28-22)14-27-22/h4-9,11H,3,10,12-14H2,1-2H3/t21-,22-/m1/s1. The van der Waals surface area contributed by atoms with Gasteiger partial charge in [0.15, 0.2) is 0 Å². The summed E-state index contributed by atoms with van der Waals surface area (Å²) in [6.45, 7) is 2.82. The maximum absolute atomic E-state index is 12.3. The topological polar surface area (TPSA) is 54.0 Å². The number of rotatable bonds is 6. The molecular weight excluding hydrogens is 380 g/mol. The van der Waals surface area contributed by atoms with Crippen molar-refractivity contribution in [3.8, 4) is 5.75 Å². The number of hydrogen-bond donors (Lipinski definition) is 0. The predicted octanol–water partition coefficient (Wildman–Crippen LogP) is 4.23. The molecule has 0 unspecified atom stereocenters. The quantitative estimate of drug-likeness (QED) is 0.723. The van der Waals surface area contributed by atoms with Gasteiger partial charge in [0.25, 0.3) is 0 Å². The van der Waals surface area contributed by atoms with Crippen LogP contribution >= 0.6 is 11.6 Å². The molecule has 0 aliphatic carbocycles. The van der Waals surface area contributed by atoms with Crippen LogP contribution in [-0.2, 0) is 31.2 Å². The van der Waals surface area contributed by atoms with E-state index in [1.807, 2.05) is 49.4 Å². The average molecular weight is 403 g/mol. The summed E-state index contributed by atoms with van der Waals surface area (Å²) in [5, 5.41) is 0.659. The number of fused-ring (bicyclic) bond motifs is 2. The molecule has 2 saturated heterocycles. The van der Waals surface area contributed by atoms with Crippen molar-refractivity contribution in [3.05, 3.63) is 64.2 Å². The summed E-state index contributed by atoms with van der Waals surface area (Å²) in [6, 6.07) is 13.6. The Morgan fingerprint density at radius 3 is 2.64 bits per heavy atom. The molecule has 6 heteroatoms. The lowest BCUT2D eigenvalue weighted by molar-refractivity contribution is -0.277. The van der Waals surface area contributed by atoms with Gasteiger partial charge in [-0.25, -0.2) is 0 Å². The third-order valence-electron chi connectivity index (χ3n) is 5.26. The Morgan fingerprint density at radius 1 is 1.14 bits per heavy atom. The Kier molecular flexibility index (Phi) is 5.19. The highest BCUT2D eigenvalue weighted by Gasteiger charge is 2.58. The van der Waals surface area contributed by atoms with Gasteiger partial charge in [0.1, 0.15) is 18.1 Å². The smallest absolute Gasteiger partial charge is 0.205 e. The highest BCUT2D eigenvalue weighted by atomic mass is 35.5. The number of carbonyl (C=O) groups is 1. The van der Waals surface area contributed by atoms with Gasteiger partial charge in [-0.05, 0) is 48.7 Å². The van der Waals surface area contributed by atoms with Gasteiger partial charge in [-0.15, -0.1) is 0 Å². The van der Waals surface area contributed by atoms with E-state index in [4.69, 9.17) is 30.5 Å². The average Bonchev–Trinajstić information content (AvgIpc) is 2.98. The molecule has 4 rings (SSSR count). The van der Waals surface area contributed by atoms with Gasteiger partial charge in [0.05, 0.1) is 19.4 Å². The van der Waals surface area contributed by atoms with Crippen molar-refractivity contribution in [2.75, 3.05) is 20.3 Å². The third kappa shape index (κ3) is 3.55. The van der Waals surface area contributed by atoms with Gasteiger partial charge >= 0.3 is 0 Å². The minimum absolute atomic E-state index is 0.0635. The minimum atomic E-state index is -1.11. The van der Waals surface area contributed by atoms with E-state index in [2.05, 4.69) is 0 Å². The molecule has 2 bridgehead atoms. The molecule has 2 heterocycles. The first kappa shape index (κ1) is 19.4. The summed E-state index contributed by atoms with van der Waals surface area (Å²) in [6.07, 6.45) is 1.03. The second-order valence-corrected chi connectivity index (χ2v) is 7.62. The first-order valence-corrected chi connectivity index (χ1v) is 9.77. The number of ketones is 1. The molecule has 0 saturated carbocycles. The van der Waals surface area contributed by atoms with Gasteiger partial charge < -0.3 is 18.9 Å². The second-order valence-electron chi connectivity index (χ2n) is 7.21. The van der Waals surface area contributed by atoms with Gasteiger partial charge in [0.2, 0.25) is 11.6 Å². The molecule has 0 aromatic heterocycles. The highest BCUT2D eigenvalue weighted by Crippen LogP contribution is 2.48. The number of halogens is 1. The van der Waals surface area contributed by atoms with Crippen LogP contribution in [0.1, 0.15) is 36.5 Å². The molecular formula is C22H23ClO5. The summed E-state index contributed by atoms with van der Waals surface area (Å²) in [7, 11) is 1.54. The van der Waals surface area contributed by atoms with E-state index in [1.165, 1.54) is 7.11 Å². The predicted molar refractivity (Wildman–Crippen MR) is 105 cm³/mol. The third-order valence-corrected chi connectivity index (χ3v) is 5.63. The van der Waals surface area contributed by atoms with Gasteiger partial charge in [-0.3, -0.25) is 4.79 Å². The number of benzene rings is 2. The Balaban J connectivity index is 1.61. The molecule has 0 amide bonds. The molecule has 2 aliphatic rings. The first-order chi connectivity index (χ1) is 13.5. The molecule has 148 valence electrons. The van der Waals surface area contributed by atoms with Crippen LogP contribution < -0.4 is 4.74 Å². The lowest BCUT2D eigenvalue weighted by Gasteiger charge is -2.36. The Bertz CT molecular complexity index is 881. The number of Topliss-reactive ketones (excluding diaryl/α,β-unsaturated/α-hetero) is 1. The van der Waals surface area contributed by atoms with Crippen LogP contribution in [0, 0.1) is 0 Å². The molecule has 2 atom stereocenters. The van der Waals surface area contributed by atoms with Crippen molar-refractivity contribution in [2.24, 2.45) is 0 Å². The molecule has 2 fully saturated rings. The number of methoxy groups -OCH3 is 1. The number of hydrogen-bond acceptors (Lipinski definition) is 5. The Labute approximate surface area is 169 Å². The molecule has 2 aliphatic heterocycles. The second kappa shape index (κ2) is 7.48. The maximum atomic E-state index is 12.3. The summed E-state index contributed by atoms with van der Waals surface area (Å²) < 4.78 is 23.1. The zero-order valence-electron chi connectivity index (χ0n) is 16.0. The summed E-state index contributed by atoms with van der Waals surface area (Å²) >= 11 is 6.45. The van der Waals surface area contributed by atoms with Crippen molar-refractivity contribution in [1.82, 2.24) is 0 Å². The minimum Gasteiger partial charge on any atom is -0.494 e. The molecule has 2 aromatic carbocycles. The van der Waals surface area contributed by atoms with Crippen LogP contribution in [0.2, 0.25) is 5.02 Å².